The number of benzene rings is 1. The Morgan fingerprint density at radius 2 is 2.12 bits per heavy atom. The average molecular weight is 239 g/mol. The van der Waals surface area contributed by atoms with E-state index in [9.17, 15) is 9.90 Å². The van der Waals surface area contributed by atoms with Crippen LogP contribution >= 0.6 is 0 Å². The number of aliphatic hydroxyl groups excluding tert-OH is 1. The van der Waals surface area contributed by atoms with Gasteiger partial charge in [0.05, 0.1) is 7.11 Å². The lowest BCUT2D eigenvalue weighted by Gasteiger charge is -2.22. The van der Waals surface area contributed by atoms with Crippen molar-refractivity contribution in [2.45, 2.75) is 19.3 Å². The first-order valence-corrected chi connectivity index (χ1v) is 5.20. The minimum atomic E-state index is -0.945. The van der Waals surface area contributed by atoms with E-state index in [1.54, 1.807) is 31.4 Å². The fraction of sp³-hybridized carbons (Fsp3) is 0.417. The number of carbonyl (C=O) groups excluding carboxylic acids is 1. The van der Waals surface area contributed by atoms with Gasteiger partial charge in [-0.25, -0.2) is 0 Å². The summed E-state index contributed by atoms with van der Waals surface area (Å²) in [6, 6.07) is 6.97. The van der Waals surface area contributed by atoms with Gasteiger partial charge in [-0.3, -0.25) is 4.79 Å². The Labute approximate surface area is 100 Å². The van der Waals surface area contributed by atoms with Gasteiger partial charge in [-0.2, -0.15) is 0 Å². The molecule has 0 spiro atoms. The molecule has 0 saturated heterocycles. The molecule has 0 aliphatic heterocycles. The Morgan fingerprint density at radius 3 is 2.65 bits per heavy atom. The molecule has 0 radical (unpaired) electrons. The van der Waals surface area contributed by atoms with Gasteiger partial charge in [-0.1, -0.05) is 12.1 Å². The van der Waals surface area contributed by atoms with Crippen molar-refractivity contribution in [2.24, 2.45) is 0 Å². The van der Waals surface area contributed by atoms with Crippen LogP contribution < -0.4 is 10.1 Å². The Kier molecular flexibility index (Phi) is 4.93. The highest BCUT2D eigenvalue weighted by atomic mass is 16.5. The second-order valence-corrected chi connectivity index (χ2v) is 3.58. The summed E-state index contributed by atoms with van der Waals surface area (Å²) in [6.07, 6.45) is -1.72. The SMILES string of the molecule is COc1cccc(C(O)C(NC(C)=O)OC)c1. The van der Waals surface area contributed by atoms with E-state index in [-0.39, 0.29) is 5.91 Å². The minimum absolute atomic E-state index is 0.265. The third-order valence-electron chi connectivity index (χ3n) is 2.32. The van der Waals surface area contributed by atoms with E-state index in [0.717, 1.165) is 0 Å². The maximum Gasteiger partial charge on any atom is 0.218 e. The molecule has 0 saturated carbocycles. The maximum atomic E-state index is 10.9. The first kappa shape index (κ1) is 13.5. The Morgan fingerprint density at radius 1 is 1.41 bits per heavy atom. The molecule has 17 heavy (non-hydrogen) atoms. The Balaban J connectivity index is 2.84. The van der Waals surface area contributed by atoms with E-state index in [1.165, 1.54) is 14.0 Å². The monoisotopic (exact) mass is 239 g/mol. The van der Waals surface area contributed by atoms with Crippen LogP contribution in [-0.4, -0.2) is 31.5 Å². The third kappa shape index (κ3) is 3.72. The molecule has 0 aliphatic carbocycles. The molecule has 0 aliphatic rings. The topological polar surface area (TPSA) is 67.8 Å². The van der Waals surface area contributed by atoms with Crippen LogP contribution in [0.2, 0.25) is 0 Å². The smallest absolute Gasteiger partial charge is 0.218 e. The number of nitrogens with one attached hydrogen (secondary N) is 1. The molecule has 1 aromatic rings. The van der Waals surface area contributed by atoms with Gasteiger partial charge in [0.2, 0.25) is 5.91 Å². The molecule has 1 rings (SSSR count). The number of ether oxygens (including phenoxy) is 2. The molecule has 0 aromatic heterocycles. The third-order valence-corrected chi connectivity index (χ3v) is 2.32. The summed E-state index contributed by atoms with van der Waals surface area (Å²) in [6.45, 7) is 1.37. The quantitative estimate of drug-likeness (QED) is 0.747. The molecular weight excluding hydrogens is 222 g/mol. The van der Waals surface area contributed by atoms with Crippen LogP contribution in [0.25, 0.3) is 0 Å². The van der Waals surface area contributed by atoms with E-state index < -0.39 is 12.3 Å². The van der Waals surface area contributed by atoms with E-state index in [0.29, 0.717) is 11.3 Å². The lowest BCUT2D eigenvalue weighted by atomic mass is 10.1. The summed E-state index contributed by atoms with van der Waals surface area (Å²) in [5.41, 5.74) is 0.616. The molecule has 94 valence electrons. The van der Waals surface area contributed by atoms with E-state index in [1.807, 2.05) is 0 Å². The zero-order valence-electron chi connectivity index (χ0n) is 10.1. The van der Waals surface area contributed by atoms with Crippen LogP contribution in [0.5, 0.6) is 5.75 Å². The van der Waals surface area contributed by atoms with Crippen molar-refractivity contribution in [2.75, 3.05) is 14.2 Å². The molecule has 2 atom stereocenters. The van der Waals surface area contributed by atoms with Crippen molar-refractivity contribution in [3.63, 3.8) is 0 Å². The number of amides is 1. The summed E-state index contributed by atoms with van der Waals surface area (Å²) in [4.78, 5) is 10.9. The van der Waals surface area contributed by atoms with Crippen LogP contribution in [-0.2, 0) is 9.53 Å². The maximum absolute atomic E-state index is 10.9. The predicted molar refractivity (Wildman–Crippen MR) is 62.6 cm³/mol. The van der Waals surface area contributed by atoms with Crippen molar-refractivity contribution in [1.29, 1.82) is 0 Å². The highest BCUT2D eigenvalue weighted by Gasteiger charge is 2.21. The van der Waals surface area contributed by atoms with Gasteiger partial charge in [0, 0.05) is 14.0 Å². The van der Waals surface area contributed by atoms with E-state index >= 15 is 0 Å². The van der Waals surface area contributed by atoms with Gasteiger partial charge < -0.3 is 19.9 Å². The molecule has 0 fully saturated rings. The summed E-state index contributed by atoms with van der Waals surface area (Å²) >= 11 is 0. The van der Waals surface area contributed by atoms with Crippen molar-refractivity contribution >= 4 is 5.91 Å². The van der Waals surface area contributed by atoms with E-state index in [2.05, 4.69) is 5.32 Å². The molecule has 5 heteroatoms. The average Bonchev–Trinajstić information content (AvgIpc) is 2.35. The number of rotatable bonds is 5. The molecule has 1 aromatic carbocycles. The van der Waals surface area contributed by atoms with E-state index in [4.69, 9.17) is 9.47 Å². The van der Waals surface area contributed by atoms with Gasteiger partial charge in [0.1, 0.15) is 11.9 Å². The zero-order valence-corrected chi connectivity index (χ0v) is 10.1. The molecule has 5 nitrogen and oxygen atoms in total. The van der Waals surface area contributed by atoms with Crippen LogP contribution in [0.4, 0.5) is 0 Å². The van der Waals surface area contributed by atoms with Crippen LogP contribution in [0.15, 0.2) is 24.3 Å². The summed E-state index contributed by atoms with van der Waals surface area (Å²) < 4.78 is 10.1. The van der Waals surface area contributed by atoms with Gasteiger partial charge in [-0.05, 0) is 17.7 Å². The summed E-state index contributed by atoms with van der Waals surface area (Å²) in [5, 5.41) is 12.6. The molecule has 1 amide bonds. The number of methoxy groups -OCH3 is 2. The van der Waals surface area contributed by atoms with Crippen LogP contribution in [0, 0.1) is 0 Å². The Bertz CT molecular complexity index is 381. The second kappa shape index (κ2) is 6.22. The van der Waals surface area contributed by atoms with Gasteiger partial charge >= 0.3 is 0 Å². The predicted octanol–water partition coefficient (Wildman–Crippen LogP) is 0.837. The fourth-order valence-corrected chi connectivity index (χ4v) is 1.47. The first-order valence-electron chi connectivity index (χ1n) is 5.20. The zero-order chi connectivity index (χ0) is 12.8. The lowest BCUT2D eigenvalue weighted by Crippen LogP contribution is -2.39. The molecule has 2 unspecified atom stereocenters. The number of aliphatic hydroxyl groups is 1. The van der Waals surface area contributed by atoms with Crippen LogP contribution in [0.3, 0.4) is 0 Å². The van der Waals surface area contributed by atoms with Crippen LogP contribution in [0.1, 0.15) is 18.6 Å². The van der Waals surface area contributed by atoms with Gasteiger partial charge in [-0.15, -0.1) is 0 Å². The summed E-state index contributed by atoms with van der Waals surface area (Å²) in [5.74, 6) is 0.373. The van der Waals surface area contributed by atoms with Gasteiger partial charge in [0.25, 0.3) is 0 Å². The molecular formula is C12H17NO4. The fourth-order valence-electron chi connectivity index (χ4n) is 1.47. The van der Waals surface area contributed by atoms with Gasteiger partial charge in [0.15, 0.2) is 6.23 Å². The van der Waals surface area contributed by atoms with Crippen molar-refractivity contribution < 1.29 is 19.4 Å². The highest BCUT2D eigenvalue weighted by Crippen LogP contribution is 2.21. The summed E-state index contributed by atoms with van der Waals surface area (Å²) in [7, 11) is 2.97. The first-order chi connectivity index (χ1) is 8.08. The lowest BCUT2D eigenvalue weighted by molar-refractivity contribution is -0.126. The molecule has 0 heterocycles. The molecule has 0 bridgehead atoms. The number of hydrogen-bond donors (Lipinski definition) is 2. The Hall–Kier alpha value is -1.59. The van der Waals surface area contributed by atoms with Crippen molar-refractivity contribution in [1.82, 2.24) is 5.32 Å². The minimum Gasteiger partial charge on any atom is -0.497 e. The largest absolute Gasteiger partial charge is 0.497 e. The van der Waals surface area contributed by atoms with Crippen molar-refractivity contribution in [3.05, 3.63) is 29.8 Å². The second-order valence-electron chi connectivity index (χ2n) is 3.58. The molecule has 2 N–H and O–H groups in total. The number of carbonyl (C=O) groups is 1. The standard InChI is InChI=1S/C12H17NO4/c1-8(14)13-12(17-3)11(15)9-5-4-6-10(7-9)16-2/h4-7,11-12,15H,1-3H3,(H,13,14). The number of hydrogen-bond acceptors (Lipinski definition) is 4. The normalized spacial score (nSPS) is 13.9. The highest BCUT2D eigenvalue weighted by molar-refractivity contribution is 5.73. The van der Waals surface area contributed by atoms with Crippen molar-refractivity contribution in [3.8, 4) is 5.75 Å².